The van der Waals surface area contributed by atoms with Crippen molar-refractivity contribution in [3.8, 4) is 0 Å². The van der Waals surface area contributed by atoms with Crippen LogP contribution in [-0.4, -0.2) is 37.9 Å². The van der Waals surface area contributed by atoms with Crippen LogP contribution in [-0.2, 0) is 10.0 Å². The number of rotatable bonds is 6. The minimum Gasteiger partial charge on any atom is -0.338 e. The van der Waals surface area contributed by atoms with Gasteiger partial charge in [0.15, 0.2) is 0 Å². The van der Waals surface area contributed by atoms with Crippen LogP contribution in [0.5, 0.6) is 0 Å². The summed E-state index contributed by atoms with van der Waals surface area (Å²) in [7, 11) is -3.56. The molecule has 1 heterocycles. The first-order chi connectivity index (χ1) is 13.9. The molecule has 29 heavy (non-hydrogen) atoms. The van der Waals surface area contributed by atoms with Crippen molar-refractivity contribution in [2.24, 2.45) is 0 Å². The number of aryl methyl sites for hydroxylation is 1. The smallest absolute Gasteiger partial charge is 0.319 e. The summed E-state index contributed by atoms with van der Waals surface area (Å²) in [6.45, 7) is 2.75. The van der Waals surface area contributed by atoms with Gasteiger partial charge in [0, 0.05) is 24.8 Å². The molecule has 156 valence electrons. The quantitative estimate of drug-likeness (QED) is 0.746. The monoisotopic (exact) mass is 419 g/mol. The third-order valence-corrected chi connectivity index (χ3v) is 7.03. The van der Waals surface area contributed by atoms with Gasteiger partial charge in [-0.15, -0.1) is 0 Å². The van der Waals surface area contributed by atoms with E-state index in [1.807, 2.05) is 6.92 Å². The van der Waals surface area contributed by atoms with Gasteiger partial charge in [0.25, 0.3) is 0 Å². The molecule has 1 aliphatic heterocycles. The van der Waals surface area contributed by atoms with Crippen molar-refractivity contribution in [1.29, 1.82) is 0 Å². The second kappa shape index (κ2) is 9.37. The fraction of sp³-hybridized carbons (Fsp3) is 0.381. The van der Waals surface area contributed by atoms with Crippen LogP contribution in [0, 0.1) is 12.7 Å². The molecule has 1 aliphatic rings. The van der Waals surface area contributed by atoms with E-state index in [-0.39, 0.29) is 11.9 Å². The Labute approximate surface area is 171 Å². The first kappa shape index (κ1) is 21.3. The van der Waals surface area contributed by atoms with Crippen LogP contribution in [0.15, 0.2) is 53.4 Å². The number of urea groups is 1. The highest BCUT2D eigenvalue weighted by atomic mass is 32.2. The number of sulfonamides is 1. The molecule has 8 heteroatoms. The van der Waals surface area contributed by atoms with E-state index < -0.39 is 16.1 Å². The number of benzene rings is 2. The molecule has 3 rings (SSSR count). The molecule has 1 saturated heterocycles. The lowest BCUT2D eigenvalue weighted by Crippen LogP contribution is -2.45. The van der Waals surface area contributed by atoms with Crippen LogP contribution in [0.1, 0.15) is 31.2 Å². The number of nitrogens with one attached hydrogen (secondary N) is 2. The van der Waals surface area contributed by atoms with E-state index in [1.165, 1.54) is 24.3 Å². The lowest BCUT2D eigenvalue weighted by molar-refractivity contribution is 0.234. The summed E-state index contributed by atoms with van der Waals surface area (Å²) in [5, 5.41) is 5.38. The van der Waals surface area contributed by atoms with E-state index in [0.717, 1.165) is 24.8 Å². The maximum absolute atomic E-state index is 13.1. The predicted octanol–water partition coefficient (Wildman–Crippen LogP) is 3.89. The Bertz CT molecular complexity index is 931. The molecule has 0 radical (unpaired) electrons. The molecule has 0 spiro atoms. The molecule has 0 saturated carbocycles. The molecule has 1 unspecified atom stereocenters. The second-order valence-electron chi connectivity index (χ2n) is 7.25. The molecule has 6 nitrogen and oxygen atoms in total. The van der Waals surface area contributed by atoms with Crippen molar-refractivity contribution in [3.63, 3.8) is 0 Å². The SMILES string of the molecule is Cc1ccc(S(=O)(=O)N2CCCCC2CCNC(=O)Nc2ccc(F)cc2)cc1. The maximum Gasteiger partial charge on any atom is 0.319 e. The first-order valence-electron chi connectivity index (χ1n) is 9.75. The van der Waals surface area contributed by atoms with Gasteiger partial charge in [-0.1, -0.05) is 24.1 Å². The molecule has 0 aliphatic carbocycles. The average Bonchev–Trinajstić information content (AvgIpc) is 2.70. The topological polar surface area (TPSA) is 78.5 Å². The van der Waals surface area contributed by atoms with Crippen molar-refractivity contribution >= 4 is 21.7 Å². The summed E-state index contributed by atoms with van der Waals surface area (Å²) in [5.74, 6) is -0.372. The normalized spacial score (nSPS) is 17.7. The van der Waals surface area contributed by atoms with Crippen LogP contribution < -0.4 is 10.6 Å². The number of piperidine rings is 1. The molecular formula is C21H26FN3O3S. The Balaban J connectivity index is 1.57. The van der Waals surface area contributed by atoms with Crippen molar-refractivity contribution in [1.82, 2.24) is 9.62 Å². The number of halogens is 1. The standard InChI is InChI=1S/C21H26FN3O3S/c1-16-5-11-20(12-6-16)29(27,28)25-15-3-2-4-19(25)13-14-23-21(26)24-18-9-7-17(22)8-10-18/h5-12,19H,2-4,13-15H2,1H3,(H2,23,24,26). The third-order valence-electron chi connectivity index (χ3n) is 5.07. The highest BCUT2D eigenvalue weighted by molar-refractivity contribution is 7.89. The third kappa shape index (κ3) is 5.55. The van der Waals surface area contributed by atoms with Crippen molar-refractivity contribution < 1.29 is 17.6 Å². The van der Waals surface area contributed by atoms with E-state index in [4.69, 9.17) is 0 Å². The van der Waals surface area contributed by atoms with Gasteiger partial charge in [0.1, 0.15) is 5.82 Å². The number of hydrogen-bond acceptors (Lipinski definition) is 3. The number of carbonyl (C=O) groups excluding carboxylic acids is 1. The Morgan fingerprint density at radius 1 is 1.10 bits per heavy atom. The van der Waals surface area contributed by atoms with Gasteiger partial charge >= 0.3 is 6.03 Å². The zero-order valence-corrected chi connectivity index (χ0v) is 17.2. The van der Waals surface area contributed by atoms with Gasteiger partial charge < -0.3 is 10.6 Å². The fourth-order valence-electron chi connectivity index (χ4n) is 3.49. The van der Waals surface area contributed by atoms with E-state index >= 15 is 0 Å². The summed E-state index contributed by atoms with van der Waals surface area (Å²) >= 11 is 0. The van der Waals surface area contributed by atoms with Gasteiger partial charge in [-0.3, -0.25) is 0 Å². The van der Waals surface area contributed by atoms with E-state index in [0.29, 0.717) is 30.1 Å². The highest BCUT2D eigenvalue weighted by Gasteiger charge is 2.33. The molecular weight excluding hydrogens is 393 g/mol. The summed E-state index contributed by atoms with van der Waals surface area (Å²) < 4.78 is 40.6. The highest BCUT2D eigenvalue weighted by Crippen LogP contribution is 2.27. The Kier molecular flexibility index (Phi) is 6.87. The van der Waals surface area contributed by atoms with Crippen LogP contribution in [0.4, 0.5) is 14.9 Å². The summed E-state index contributed by atoms with van der Waals surface area (Å²) in [5.41, 5.74) is 1.50. The zero-order chi connectivity index (χ0) is 20.9. The number of carbonyl (C=O) groups is 1. The van der Waals surface area contributed by atoms with Crippen LogP contribution >= 0.6 is 0 Å². The molecule has 0 bridgehead atoms. The molecule has 1 fully saturated rings. The number of anilines is 1. The van der Waals surface area contributed by atoms with Crippen molar-refractivity contribution in [3.05, 3.63) is 59.9 Å². The molecule has 2 aromatic rings. The molecule has 2 amide bonds. The first-order valence-corrected chi connectivity index (χ1v) is 11.2. The second-order valence-corrected chi connectivity index (χ2v) is 9.15. The Morgan fingerprint density at radius 3 is 2.48 bits per heavy atom. The summed E-state index contributed by atoms with van der Waals surface area (Å²) in [6.07, 6.45) is 3.10. The fourth-order valence-corrected chi connectivity index (χ4v) is 5.21. The van der Waals surface area contributed by atoms with Crippen molar-refractivity contribution in [2.45, 2.75) is 43.5 Å². The van der Waals surface area contributed by atoms with Gasteiger partial charge in [0.2, 0.25) is 10.0 Å². The Hall–Kier alpha value is -2.45. The van der Waals surface area contributed by atoms with Gasteiger partial charge in [-0.2, -0.15) is 4.31 Å². The maximum atomic E-state index is 13.1. The van der Waals surface area contributed by atoms with E-state index in [9.17, 15) is 17.6 Å². The Morgan fingerprint density at radius 2 is 1.79 bits per heavy atom. The van der Waals surface area contributed by atoms with Crippen molar-refractivity contribution in [2.75, 3.05) is 18.4 Å². The van der Waals surface area contributed by atoms with Crippen LogP contribution in [0.2, 0.25) is 0 Å². The largest absolute Gasteiger partial charge is 0.338 e. The molecule has 2 N–H and O–H groups in total. The summed E-state index contributed by atoms with van der Waals surface area (Å²) in [4.78, 5) is 12.3. The lowest BCUT2D eigenvalue weighted by Gasteiger charge is -2.34. The summed E-state index contributed by atoms with van der Waals surface area (Å²) in [6, 6.07) is 11.8. The minimum atomic E-state index is -3.56. The van der Waals surface area contributed by atoms with Gasteiger partial charge in [-0.05, 0) is 62.6 Å². The molecule has 0 aromatic heterocycles. The number of hydrogen-bond donors (Lipinski definition) is 2. The number of amides is 2. The zero-order valence-electron chi connectivity index (χ0n) is 16.4. The lowest BCUT2D eigenvalue weighted by atomic mass is 10.0. The van der Waals surface area contributed by atoms with E-state index in [1.54, 1.807) is 28.6 Å². The minimum absolute atomic E-state index is 0.152. The van der Waals surface area contributed by atoms with Gasteiger partial charge in [0.05, 0.1) is 4.90 Å². The van der Waals surface area contributed by atoms with E-state index in [2.05, 4.69) is 10.6 Å². The number of nitrogens with zero attached hydrogens (tertiary/aromatic N) is 1. The van der Waals surface area contributed by atoms with Gasteiger partial charge in [-0.25, -0.2) is 17.6 Å². The van der Waals surface area contributed by atoms with Crippen LogP contribution in [0.3, 0.4) is 0 Å². The molecule has 2 aromatic carbocycles. The van der Waals surface area contributed by atoms with Crippen LogP contribution in [0.25, 0.3) is 0 Å². The predicted molar refractivity (Wildman–Crippen MR) is 111 cm³/mol. The average molecular weight is 420 g/mol. The molecule has 1 atom stereocenters.